The van der Waals surface area contributed by atoms with Gasteiger partial charge in [0.1, 0.15) is 5.82 Å². The smallest absolute Gasteiger partial charge is 0.123 e. The maximum absolute atomic E-state index is 12.7. The highest BCUT2D eigenvalue weighted by atomic mass is 19.1. The summed E-state index contributed by atoms with van der Waals surface area (Å²) < 4.78 is 17.8. The Balaban J connectivity index is 2.71. The molecule has 1 atom stereocenters. The van der Waals surface area contributed by atoms with Crippen LogP contribution in [0, 0.1) is 5.82 Å². The summed E-state index contributed by atoms with van der Waals surface area (Å²) in [6.07, 6.45) is 0. The second-order valence-electron chi connectivity index (χ2n) is 3.26. The van der Waals surface area contributed by atoms with E-state index in [1.807, 2.05) is 7.05 Å². The van der Waals surface area contributed by atoms with Gasteiger partial charge in [0, 0.05) is 19.6 Å². The van der Waals surface area contributed by atoms with Gasteiger partial charge in [-0.15, -0.1) is 0 Å². The lowest BCUT2D eigenvalue weighted by Crippen LogP contribution is -2.20. The number of likely N-dealkylation sites (N-methyl/N-ethyl adjacent to an activating group) is 1. The summed E-state index contributed by atoms with van der Waals surface area (Å²) in [7, 11) is 3.57. The van der Waals surface area contributed by atoms with Gasteiger partial charge in [-0.25, -0.2) is 4.39 Å². The SMILES string of the molecule is CNCC(COC)c1ccc(F)cc1. The van der Waals surface area contributed by atoms with E-state index in [0.717, 1.165) is 12.1 Å². The molecule has 0 heterocycles. The lowest BCUT2D eigenvalue weighted by Gasteiger charge is -2.15. The molecule has 0 radical (unpaired) electrons. The standard InChI is InChI=1S/C11H16FNO/c1-13-7-10(8-14-2)9-3-5-11(12)6-4-9/h3-6,10,13H,7-8H2,1-2H3. The third-order valence-electron chi connectivity index (χ3n) is 2.16. The molecular formula is C11H16FNO. The summed E-state index contributed by atoms with van der Waals surface area (Å²) in [6, 6.07) is 6.56. The van der Waals surface area contributed by atoms with E-state index >= 15 is 0 Å². The van der Waals surface area contributed by atoms with Crippen LogP contribution in [-0.2, 0) is 4.74 Å². The largest absolute Gasteiger partial charge is 0.384 e. The molecule has 0 aromatic heterocycles. The Kier molecular flexibility index (Phi) is 4.56. The maximum Gasteiger partial charge on any atom is 0.123 e. The average molecular weight is 197 g/mol. The number of nitrogens with one attached hydrogen (secondary N) is 1. The Morgan fingerprint density at radius 3 is 2.50 bits per heavy atom. The molecule has 2 nitrogen and oxygen atoms in total. The predicted molar refractivity (Wildman–Crippen MR) is 54.9 cm³/mol. The van der Waals surface area contributed by atoms with Crippen LogP contribution in [-0.4, -0.2) is 27.3 Å². The Labute approximate surface area is 84.1 Å². The topological polar surface area (TPSA) is 21.3 Å². The normalized spacial score (nSPS) is 12.8. The quantitative estimate of drug-likeness (QED) is 0.776. The van der Waals surface area contributed by atoms with Crippen molar-refractivity contribution >= 4 is 0 Å². The summed E-state index contributed by atoms with van der Waals surface area (Å²) in [5.41, 5.74) is 1.10. The molecular weight excluding hydrogens is 181 g/mol. The monoisotopic (exact) mass is 197 g/mol. The van der Waals surface area contributed by atoms with Crippen LogP contribution >= 0.6 is 0 Å². The zero-order valence-corrected chi connectivity index (χ0v) is 8.59. The molecule has 0 fully saturated rings. The molecule has 1 aromatic rings. The van der Waals surface area contributed by atoms with Gasteiger partial charge < -0.3 is 10.1 Å². The molecule has 0 saturated heterocycles. The van der Waals surface area contributed by atoms with Gasteiger partial charge in [-0.2, -0.15) is 0 Å². The second kappa shape index (κ2) is 5.73. The van der Waals surface area contributed by atoms with Crippen LogP contribution in [0.15, 0.2) is 24.3 Å². The van der Waals surface area contributed by atoms with Crippen LogP contribution in [0.4, 0.5) is 4.39 Å². The number of methoxy groups -OCH3 is 1. The zero-order chi connectivity index (χ0) is 10.4. The molecule has 0 bridgehead atoms. The fourth-order valence-electron chi connectivity index (χ4n) is 1.46. The van der Waals surface area contributed by atoms with Gasteiger partial charge in [-0.3, -0.25) is 0 Å². The zero-order valence-electron chi connectivity index (χ0n) is 8.59. The van der Waals surface area contributed by atoms with Crippen molar-refractivity contribution in [3.63, 3.8) is 0 Å². The third-order valence-corrected chi connectivity index (χ3v) is 2.16. The maximum atomic E-state index is 12.7. The van der Waals surface area contributed by atoms with Crippen molar-refractivity contribution < 1.29 is 9.13 Å². The number of hydrogen-bond acceptors (Lipinski definition) is 2. The van der Waals surface area contributed by atoms with Crippen LogP contribution in [0.1, 0.15) is 11.5 Å². The van der Waals surface area contributed by atoms with Crippen LogP contribution < -0.4 is 5.32 Å². The van der Waals surface area contributed by atoms with Crippen LogP contribution in [0.2, 0.25) is 0 Å². The Bertz CT molecular complexity index is 254. The Morgan fingerprint density at radius 1 is 1.36 bits per heavy atom. The van der Waals surface area contributed by atoms with Crippen molar-refractivity contribution in [1.82, 2.24) is 5.32 Å². The summed E-state index contributed by atoms with van der Waals surface area (Å²) in [6.45, 7) is 1.48. The van der Waals surface area contributed by atoms with Crippen molar-refractivity contribution in [3.8, 4) is 0 Å². The molecule has 3 heteroatoms. The number of benzene rings is 1. The molecule has 0 amide bonds. The molecule has 1 rings (SSSR count). The Hall–Kier alpha value is -0.930. The molecule has 1 aromatic carbocycles. The average Bonchev–Trinajstić information content (AvgIpc) is 2.19. The van der Waals surface area contributed by atoms with E-state index in [1.165, 1.54) is 12.1 Å². The van der Waals surface area contributed by atoms with Gasteiger partial charge in [0.25, 0.3) is 0 Å². The first-order chi connectivity index (χ1) is 6.77. The van der Waals surface area contributed by atoms with Gasteiger partial charge in [0.05, 0.1) is 6.61 Å². The first kappa shape index (κ1) is 11.1. The molecule has 14 heavy (non-hydrogen) atoms. The van der Waals surface area contributed by atoms with Crippen molar-refractivity contribution in [3.05, 3.63) is 35.6 Å². The fraction of sp³-hybridized carbons (Fsp3) is 0.455. The van der Waals surface area contributed by atoms with E-state index in [4.69, 9.17) is 4.74 Å². The van der Waals surface area contributed by atoms with E-state index < -0.39 is 0 Å². The minimum atomic E-state index is -0.200. The number of rotatable bonds is 5. The molecule has 1 N–H and O–H groups in total. The minimum Gasteiger partial charge on any atom is -0.384 e. The highest BCUT2D eigenvalue weighted by Gasteiger charge is 2.09. The van der Waals surface area contributed by atoms with Crippen molar-refractivity contribution in [2.24, 2.45) is 0 Å². The number of halogens is 1. The van der Waals surface area contributed by atoms with Gasteiger partial charge >= 0.3 is 0 Å². The van der Waals surface area contributed by atoms with Crippen LogP contribution in [0.25, 0.3) is 0 Å². The van der Waals surface area contributed by atoms with Gasteiger partial charge in [0.15, 0.2) is 0 Å². The first-order valence-corrected chi connectivity index (χ1v) is 4.67. The molecule has 78 valence electrons. The summed E-state index contributed by atoms with van der Waals surface area (Å²) in [4.78, 5) is 0. The summed E-state index contributed by atoms with van der Waals surface area (Å²) >= 11 is 0. The molecule has 0 aliphatic rings. The van der Waals surface area contributed by atoms with E-state index in [0.29, 0.717) is 6.61 Å². The van der Waals surface area contributed by atoms with Crippen molar-refractivity contribution in [1.29, 1.82) is 0 Å². The lowest BCUT2D eigenvalue weighted by atomic mass is 10.00. The number of ether oxygens (including phenoxy) is 1. The number of hydrogen-bond donors (Lipinski definition) is 1. The Morgan fingerprint density at radius 2 is 2.00 bits per heavy atom. The van der Waals surface area contributed by atoms with Gasteiger partial charge in [-0.1, -0.05) is 12.1 Å². The molecule has 0 aliphatic carbocycles. The molecule has 0 saturated carbocycles. The van der Waals surface area contributed by atoms with E-state index in [2.05, 4.69) is 5.32 Å². The summed E-state index contributed by atoms with van der Waals surface area (Å²) in [5, 5.41) is 3.09. The van der Waals surface area contributed by atoms with E-state index in [1.54, 1.807) is 19.2 Å². The second-order valence-corrected chi connectivity index (χ2v) is 3.26. The van der Waals surface area contributed by atoms with Gasteiger partial charge in [0.2, 0.25) is 0 Å². The fourth-order valence-corrected chi connectivity index (χ4v) is 1.46. The van der Waals surface area contributed by atoms with Gasteiger partial charge in [-0.05, 0) is 24.7 Å². The van der Waals surface area contributed by atoms with Crippen LogP contribution in [0.3, 0.4) is 0 Å². The lowest BCUT2D eigenvalue weighted by molar-refractivity contribution is 0.178. The highest BCUT2D eigenvalue weighted by Crippen LogP contribution is 2.15. The molecule has 1 unspecified atom stereocenters. The molecule has 0 spiro atoms. The molecule has 0 aliphatic heterocycles. The highest BCUT2D eigenvalue weighted by molar-refractivity contribution is 5.20. The van der Waals surface area contributed by atoms with E-state index in [-0.39, 0.29) is 11.7 Å². The van der Waals surface area contributed by atoms with Crippen molar-refractivity contribution in [2.75, 3.05) is 27.3 Å². The minimum absolute atomic E-state index is 0.200. The predicted octanol–water partition coefficient (Wildman–Crippen LogP) is 1.78. The summed E-state index contributed by atoms with van der Waals surface area (Å²) in [5.74, 6) is 0.0833. The van der Waals surface area contributed by atoms with E-state index in [9.17, 15) is 4.39 Å². The first-order valence-electron chi connectivity index (χ1n) is 4.67. The van der Waals surface area contributed by atoms with Crippen molar-refractivity contribution in [2.45, 2.75) is 5.92 Å². The van der Waals surface area contributed by atoms with Crippen LogP contribution in [0.5, 0.6) is 0 Å². The third kappa shape index (κ3) is 3.09.